The molecule has 0 aromatic heterocycles. The Morgan fingerprint density at radius 1 is 0.128 bits per heavy atom. The number of rotatable bonds is 4. The molecule has 10 aliphatic rings. The van der Waals surface area contributed by atoms with Crippen molar-refractivity contribution in [2.45, 2.75) is 406 Å². The zero-order chi connectivity index (χ0) is 57.8. The average molecular weight is 1090 g/mol. The minimum Gasteiger partial charge on any atom is -0.0683 e. The van der Waals surface area contributed by atoms with E-state index in [1.807, 2.05) is 55.4 Å². The van der Waals surface area contributed by atoms with Crippen LogP contribution in [0.5, 0.6) is 0 Å². The topological polar surface area (TPSA) is 0 Å². The van der Waals surface area contributed by atoms with Crippen molar-refractivity contribution >= 4 is 0 Å². The molecule has 10 fully saturated rings. The fraction of sp³-hybridized carbons (Fsp3) is 1.00. The van der Waals surface area contributed by atoms with Crippen molar-refractivity contribution in [3.05, 3.63) is 0 Å². The van der Waals surface area contributed by atoms with Crippen LogP contribution < -0.4 is 0 Å². The Morgan fingerprint density at radius 3 is 0.500 bits per heavy atom. The largest absolute Gasteiger partial charge is 0.0683 e. The van der Waals surface area contributed by atoms with Crippen molar-refractivity contribution < 1.29 is 0 Å². The molecule has 0 radical (unpaired) electrons. The van der Waals surface area contributed by atoms with Gasteiger partial charge in [0.15, 0.2) is 0 Å². The number of hydrogen-bond acceptors (Lipinski definition) is 0. The summed E-state index contributed by atoms with van der Waals surface area (Å²) in [6.45, 7) is 35.3. The molecule has 12 atom stereocenters. The molecule has 0 aromatic carbocycles. The quantitative estimate of drug-likeness (QED) is 0.246. The first-order chi connectivity index (χ1) is 38.0. The maximum Gasteiger partial charge on any atom is -0.0383 e. The monoisotopic (exact) mass is 1090 g/mol. The molecule has 468 valence electrons. The third-order valence-corrected chi connectivity index (χ3v) is 22.5. The van der Waals surface area contributed by atoms with E-state index >= 15 is 0 Å². The second-order valence-corrected chi connectivity index (χ2v) is 29.1. The molecule has 0 nitrogen and oxygen atoms in total. The van der Waals surface area contributed by atoms with Gasteiger partial charge in [-0.05, 0) is 120 Å². The van der Waals surface area contributed by atoms with Crippen LogP contribution >= 0.6 is 0 Å². The summed E-state index contributed by atoms with van der Waals surface area (Å²) in [5.74, 6) is 17.2. The maximum atomic E-state index is 2.47. The van der Waals surface area contributed by atoms with Gasteiger partial charge in [-0.3, -0.25) is 0 Å². The van der Waals surface area contributed by atoms with E-state index in [0.717, 1.165) is 94.7 Å². The molecule has 0 aliphatic heterocycles. The van der Waals surface area contributed by atoms with E-state index in [4.69, 9.17) is 0 Å². The molecule has 0 N–H and O–H groups in total. The molecule has 0 heteroatoms. The molecular formula is C78H156. The minimum atomic E-state index is 1.01. The highest BCUT2D eigenvalue weighted by atomic mass is 14.4. The molecule has 0 amide bonds. The van der Waals surface area contributed by atoms with Crippen molar-refractivity contribution in [3.8, 4) is 0 Å². The Kier molecular flexibility index (Phi) is 49.1. The third-order valence-electron chi connectivity index (χ3n) is 22.5. The molecular weight excluding hydrogens is 937 g/mol. The van der Waals surface area contributed by atoms with E-state index in [1.165, 1.54) is 193 Å². The molecule has 0 spiro atoms. The lowest BCUT2D eigenvalue weighted by atomic mass is 9.64. The van der Waals surface area contributed by atoms with Gasteiger partial charge in [0.1, 0.15) is 0 Å². The lowest BCUT2D eigenvalue weighted by molar-refractivity contribution is 0.101. The van der Waals surface area contributed by atoms with Gasteiger partial charge in [-0.1, -0.05) is 380 Å². The molecule has 10 rings (SSSR count). The normalized spacial score (nSPS) is 34.2. The van der Waals surface area contributed by atoms with E-state index in [2.05, 4.69) is 55.4 Å². The van der Waals surface area contributed by atoms with E-state index in [-0.39, 0.29) is 0 Å². The Labute approximate surface area is 498 Å². The Balaban J connectivity index is 0.000000471. The van der Waals surface area contributed by atoms with Crippen LogP contribution in [-0.4, -0.2) is 0 Å². The van der Waals surface area contributed by atoms with E-state index in [1.54, 1.807) is 103 Å². The van der Waals surface area contributed by atoms with Crippen LogP contribution in [0.2, 0.25) is 0 Å². The summed E-state index contributed by atoms with van der Waals surface area (Å²) in [7, 11) is 0. The Morgan fingerprint density at radius 2 is 0.269 bits per heavy atom. The van der Waals surface area contributed by atoms with Gasteiger partial charge >= 0.3 is 0 Å². The highest BCUT2D eigenvalue weighted by molar-refractivity contribution is 4.88. The highest BCUT2D eigenvalue weighted by Gasteiger charge is 2.36. The first-order valence-electron chi connectivity index (χ1n) is 38.0. The predicted octanol–water partition coefficient (Wildman–Crippen LogP) is 28.1. The van der Waals surface area contributed by atoms with Gasteiger partial charge in [0.25, 0.3) is 0 Å². The van der Waals surface area contributed by atoms with Gasteiger partial charge in [0.2, 0.25) is 0 Å². The van der Waals surface area contributed by atoms with Crippen LogP contribution in [0, 0.1) is 94.7 Å². The van der Waals surface area contributed by atoms with Gasteiger partial charge in [-0.15, -0.1) is 0 Å². The van der Waals surface area contributed by atoms with Crippen LogP contribution in [-0.2, 0) is 0 Å². The van der Waals surface area contributed by atoms with Crippen molar-refractivity contribution in [1.29, 1.82) is 0 Å². The third kappa shape index (κ3) is 35.3. The second kappa shape index (κ2) is 50.3. The van der Waals surface area contributed by atoms with Crippen LogP contribution in [0.1, 0.15) is 406 Å². The molecule has 0 bridgehead atoms. The summed E-state index contributed by atoms with van der Waals surface area (Å²) >= 11 is 0. The highest BCUT2D eigenvalue weighted by Crippen LogP contribution is 2.48. The fourth-order valence-electron chi connectivity index (χ4n) is 16.4. The molecule has 0 saturated heterocycles. The number of hydrogen-bond donors (Lipinski definition) is 0. The van der Waals surface area contributed by atoms with Gasteiger partial charge in [-0.2, -0.15) is 0 Å². The minimum absolute atomic E-state index is 1.01. The Bertz CT molecular complexity index is 1090. The average Bonchev–Trinajstić information content (AvgIpc) is 4.11. The lowest BCUT2D eigenvalue weighted by Crippen LogP contribution is -2.30. The predicted molar refractivity (Wildman–Crippen MR) is 359 cm³/mol. The van der Waals surface area contributed by atoms with Crippen LogP contribution in [0.3, 0.4) is 0 Å². The summed E-state index contributed by atoms with van der Waals surface area (Å²) in [5.41, 5.74) is 0. The molecule has 10 aliphatic carbocycles. The van der Waals surface area contributed by atoms with Crippen LogP contribution in [0.4, 0.5) is 0 Å². The molecule has 78 heavy (non-hydrogen) atoms. The van der Waals surface area contributed by atoms with Gasteiger partial charge in [0.05, 0.1) is 0 Å². The summed E-state index contributed by atoms with van der Waals surface area (Å²) in [6.07, 6.45) is 69.9. The summed E-state index contributed by atoms with van der Waals surface area (Å²) in [5, 5.41) is 0. The Hall–Kier alpha value is 0. The van der Waals surface area contributed by atoms with Gasteiger partial charge < -0.3 is 0 Å². The molecule has 0 aromatic rings. The van der Waals surface area contributed by atoms with Crippen molar-refractivity contribution in [2.75, 3.05) is 0 Å². The van der Waals surface area contributed by atoms with Crippen LogP contribution in [0.15, 0.2) is 0 Å². The van der Waals surface area contributed by atoms with E-state index < -0.39 is 0 Å². The van der Waals surface area contributed by atoms with E-state index in [0.29, 0.717) is 0 Å². The lowest BCUT2D eigenvalue weighted by Gasteiger charge is -2.41. The van der Waals surface area contributed by atoms with Crippen molar-refractivity contribution in [3.63, 3.8) is 0 Å². The summed E-state index contributed by atoms with van der Waals surface area (Å²) < 4.78 is 0. The molecule has 12 unspecified atom stereocenters. The van der Waals surface area contributed by atoms with Crippen molar-refractivity contribution in [1.82, 2.24) is 0 Å². The van der Waals surface area contributed by atoms with Gasteiger partial charge in [-0.25, -0.2) is 0 Å². The molecule has 0 heterocycles. The molecule has 10 saturated carbocycles. The van der Waals surface area contributed by atoms with Gasteiger partial charge in [0, 0.05) is 0 Å². The standard InChI is InChI=1S/2C18H32.2C9H18.2C8H16.4C2H6/c2*1-14-5-2-6-16(12-11-14)18-10-4-9-17(13-18)15-7-3-8-15;2*1-8-4-3-5-9(2)7-6-8;2*1-8-6-4-2-3-5-7-8;4*1-2/h2*14-18H,2-13H2,1H3;2*8-9H,3-7H2,1-2H3;2*8H,2-7H2,1H3;4*1-2H3. The first kappa shape index (κ1) is 76.0. The fourth-order valence-corrected chi connectivity index (χ4v) is 16.4. The smallest absolute Gasteiger partial charge is 0.0383 e. The van der Waals surface area contributed by atoms with Crippen LogP contribution in [0.25, 0.3) is 0 Å². The SMILES string of the molecule is CC.CC.CC.CC.CC1CCCC(C)CC1.CC1CCCC(C)CC1.CC1CCCC(C2CCCC(C3CCC3)C2)CC1.CC1CCCC(C2CCCC(C3CCC3)C2)CC1.CC1CCCCCC1.CC1CCCCCC1. The van der Waals surface area contributed by atoms with Crippen molar-refractivity contribution in [2.24, 2.45) is 94.7 Å². The zero-order valence-electron chi connectivity index (χ0n) is 57.8. The summed E-state index contributed by atoms with van der Waals surface area (Å²) in [6, 6.07) is 0. The summed E-state index contributed by atoms with van der Waals surface area (Å²) in [4.78, 5) is 0. The zero-order valence-corrected chi connectivity index (χ0v) is 57.8. The second-order valence-electron chi connectivity index (χ2n) is 29.1. The maximum absolute atomic E-state index is 2.47. The van der Waals surface area contributed by atoms with E-state index in [9.17, 15) is 0 Å². The first-order valence-corrected chi connectivity index (χ1v) is 38.0.